The summed E-state index contributed by atoms with van der Waals surface area (Å²) in [6, 6.07) is 1.81. The highest BCUT2D eigenvalue weighted by Crippen LogP contribution is 2.22. The van der Waals surface area contributed by atoms with Crippen LogP contribution in [0.3, 0.4) is 0 Å². The van der Waals surface area contributed by atoms with Gasteiger partial charge in [-0.05, 0) is 12.5 Å². The number of likely N-dealkylation sites (tertiary alicyclic amines) is 1. The fourth-order valence-corrected chi connectivity index (χ4v) is 2.92. The molecule has 8 heteroatoms. The van der Waals surface area contributed by atoms with Crippen LogP contribution in [0, 0.1) is 0 Å². The first-order chi connectivity index (χ1) is 11.7. The Bertz CT molecular complexity index is 654. The van der Waals surface area contributed by atoms with Gasteiger partial charge in [-0.2, -0.15) is 4.98 Å². The molecule has 0 saturated carbocycles. The van der Waals surface area contributed by atoms with Crippen molar-refractivity contribution in [3.63, 3.8) is 0 Å². The molecule has 130 valence electrons. The summed E-state index contributed by atoms with van der Waals surface area (Å²) in [4.78, 5) is 18.6. The number of methoxy groups -OCH3 is 2. The molecule has 0 spiro atoms. The van der Waals surface area contributed by atoms with Crippen LogP contribution in [0.5, 0.6) is 0 Å². The Morgan fingerprint density at radius 3 is 3.04 bits per heavy atom. The predicted molar refractivity (Wildman–Crippen MR) is 83.1 cm³/mol. The van der Waals surface area contributed by atoms with Crippen LogP contribution in [0.2, 0.25) is 0 Å². The first-order valence-electron chi connectivity index (χ1n) is 7.87. The minimum Gasteiger partial charge on any atom is -0.472 e. The smallest absolute Gasteiger partial charge is 0.227 e. The van der Waals surface area contributed by atoms with Crippen molar-refractivity contribution in [3.8, 4) is 11.4 Å². The number of carbonyl (C=O) groups is 1. The monoisotopic (exact) mass is 335 g/mol. The number of amides is 1. The van der Waals surface area contributed by atoms with E-state index in [1.807, 2.05) is 4.90 Å². The van der Waals surface area contributed by atoms with Crippen LogP contribution in [0.15, 0.2) is 27.5 Å². The number of furan rings is 1. The third kappa shape index (κ3) is 3.65. The number of hydrogen-bond donors (Lipinski definition) is 0. The lowest BCUT2D eigenvalue weighted by Gasteiger charge is -2.23. The zero-order chi connectivity index (χ0) is 16.9. The summed E-state index contributed by atoms with van der Waals surface area (Å²) in [7, 11) is 3.30. The molecule has 2 atom stereocenters. The summed E-state index contributed by atoms with van der Waals surface area (Å²) in [5.41, 5.74) is 0.749. The molecule has 2 aromatic heterocycles. The first-order valence-corrected chi connectivity index (χ1v) is 7.87. The maximum absolute atomic E-state index is 12.5. The van der Waals surface area contributed by atoms with Gasteiger partial charge < -0.3 is 23.3 Å². The second-order valence-corrected chi connectivity index (χ2v) is 5.77. The fraction of sp³-hybridized carbons (Fsp3) is 0.562. The topological polar surface area (TPSA) is 90.8 Å². The molecule has 3 rings (SSSR count). The van der Waals surface area contributed by atoms with Gasteiger partial charge in [0.2, 0.25) is 17.6 Å². The lowest BCUT2D eigenvalue weighted by Crippen LogP contribution is -2.38. The van der Waals surface area contributed by atoms with Crippen LogP contribution in [0.25, 0.3) is 11.4 Å². The molecule has 1 fully saturated rings. The van der Waals surface area contributed by atoms with E-state index in [-0.39, 0.29) is 18.1 Å². The molecule has 1 aliphatic heterocycles. The molecule has 3 heterocycles. The maximum Gasteiger partial charge on any atom is 0.227 e. The van der Waals surface area contributed by atoms with Gasteiger partial charge in [-0.1, -0.05) is 5.16 Å². The van der Waals surface area contributed by atoms with Crippen LogP contribution in [0.1, 0.15) is 18.7 Å². The summed E-state index contributed by atoms with van der Waals surface area (Å²) in [5.74, 6) is 0.939. The normalized spacial score (nSPS) is 20.7. The van der Waals surface area contributed by atoms with Gasteiger partial charge in [-0.15, -0.1) is 0 Å². The SMILES string of the molecule is COC[C@@H]1C[C@@H](OC)CN1C(=O)CCc1nc(-c2ccoc2)no1. The molecule has 0 N–H and O–H groups in total. The van der Waals surface area contributed by atoms with Gasteiger partial charge in [-0.25, -0.2) is 0 Å². The second kappa shape index (κ2) is 7.59. The number of aryl methyl sites for hydroxylation is 1. The molecule has 0 aliphatic carbocycles. The number of nitrogens with zero attached hydrogens (tertiary/aromatic N) is 3. The molecule has 2 aromatic rings. The van der Waals surface area contributed by atoms with E-state index in [0.29, 0.717) is 37.7 Å². The molecule has 1 saturated heterocycles. The Balaban J connectivity index is 1.57. The van der Waals surface area contributed by atoms with Gasteiger partial charge >= 0.3 is 0 Å². The average molecular weight is 335 g/mol. The third-order valence-electron chi connectivity index (χ3n) is 4.19. The fourth-order valence-electron chi connectivity index (χ4n) is 2.92. The van der Waals surface area contributed by atoms with Gasteiger partial charge in [0.25, 0.3) is 0 Å². The average Bonchev–Trinajstić information content (AvgIpc) is 3.32. The van der Waals surface area contributed by atoms with Crippen molar-refractivity contribution in [2.75, 3.05) is 27.4 Å². The van der Waals surface area contributed by atoms with E-state index in [1.54, 1.807) is 32.8 Å². The van der Waals surface area contributed by atoms with Crippen LogP contribution in [0.4, 0.5) is 0 Å². The standard InChI is InChI=1S/C16H21N3O5/c1-21-10-12-7-13(22-2)8-19(12)15(20)4-3-14-17-16(18-24-14)11-5-6-23-9-11/h5-6,9,12-13H,3-4,7-8,10H2,1-2H3/t12-,13+/m0/s1. The Kier molecular flexibility index (Phi) is 5.27. The van der Waals surface area contributed by atoms with Crippen molar-refractivity contribution < 1.29 is 23.2 Å². The molecule has 0 bridgehead atoms. The zero-order valence-electron chi connectivity index (χ0n) is 13.8. The largest absolute Gasteiger partial charge is 0.472 e. The van der Waals surface area contributed by atoms with E-state index in [9.17, 15) is 4.79 Å². The molecule has 8 nitrogen and oxygen atoms in total. The lowest BCUT2D eigenvalue weighted by atomic mass is 10.2. The maximum atomic E-state index is 12.5. The Morgan fingerprint density at radius 2 is 2.33 bits per heavy atom. The molecule has 0 unspecified atom stereocenters. The highest BCUT2D eigenvalue weighted by atomic mass is 16.5. The molecule has 1 aliphatic rings. The van der Waals surface area contributed by atoms with E-state index >= 15 is 0 Å². The van der Waals surface area contributed by atoms with Crippen molar-refractivity contribution >= 4 is 5.91 Å². The van der Waals surface area contributed by atoms with E-state index < -0.39 is 0 Å². The Labute approximate surface area is 139 Å². The zero-order valence-corrected chi connectivity index (χ0v) is 13.8. The highest BCUT2D eigenvalue weighted by molar-refractivity contribution is 5.77. The number of carbonyl (C=O) groups excluding carboxylic acids is 1. The van der Waals surface area contributed by atoms with E-state index in [4.69, 9.17) is 18.4 Å². The van der Waals surface area contributed by atoms with Crippen LogP contribution in [-0.2, 0) is 20.7 Å². The summed E-state index contributed by atoms with van der Waals surface area (Å²) < 4.78 is 20.8. The van der Waals surface area contributed by atoms with Gasteiger partial charge in [0.05, 0.1) is 30.6 Å². The molecule has 0 radical (unpaired) electrons. The lowest BCUT2D eigenvalue weighted by molar-refractivity contribution is -0.133. The van der Waals surface area contributed by atoms with Gasteiger partial charge in [0.15, 0.2) is 0 Å². The molecular weight excluding hydrogens is 314 g/mol. The van der Waals surface area contributed by atoms with Crippen molar-refractivity contribution in [3.05, 3.63) is 24.5 Å². The first kappa shape index (κ1) is 16.7. The summed E-state index contributed by atoms with van der Waals surface area (Å²) in [6.07, 6.45) is 4.65. The van der Waals surface area contributed by atoms with Crippen LogP contribution < -0.4 is 0 Å². The van der Waals surface area contributed by atoms with Gasteiger partial charge in [0.1, 0.15) is 6.26 Å². The van der Waals surface area contributed by atoms with E-state index in [0.717, 1.165) is 12.0 Å². The minimum absolute atomic E-state index is 0.0414. The Morgan fingerprint density at radius 1 is 1.46 bits per heavy atom. The molecule has 24 heavy (non-hydrogen) atoms. The van der Waals surface area contributed by atoms with Crippen LogP contribution >= 0.6 is 0 Å². The van der Waals surface area contributed by atoms with E-state index in [2.05, 4.69) is 10.1 Å². The highest BCUT2D eigenvalue weighted by Gasteiger charge is 2.35. The van der Waals surface area contributed by atoms with Crippen LogP contribution in [-0.4, -0.2) is 60.5 Å². The summed E-state index contributed by atoms with van der Waals surface area (Å²) >= 11 is 0. The van der Waals surface area contributed by atoms with Crippen molar-refractivity contribution in [2.45, 2.75) is 31.4 Å². The van der Waals surface area contributed by atoms with Crippen molar-refractivity contribution in [2.24, 2.45) is 0 Å². The number of hydrogen-bond acceptors (Lipinski definition) is 7. The number of ether oxygens (including phenoxy) is 2. The summed E-state index contributed by atoms with van der Waals surface area (Å²) in [5, 5.41) is 3.89. The number of aromatic nitrogens is 2. The molecular formula is C16H21N3O5. The molecule has 1 amide bonds. The third-order valence-corrected chi connectivity index (χ3v) is 4.19. The molecule has 0 aromatic carbocycles. The second-order valence-electron chi connectivity index (χ2n) is 5.77. The van der Waals surface area contributed by atoms with E-state index in [1.165, 1.54) is 0 Å². The van der Waals surface area contributed by atoms with Gasteiger partial charge in [-0.3, -0.25) is 4.79 Å². The number of rotatable bonds is 7. The minimum atomic E-state index is 0.0414. The Hall–Kier alpha value is -2.19. The quantitative estimate of drug-likeness (QED) is 0.757. The van der Waals surface area contributed by atoms with Crippen molar-refractivity contribution in [1.29, 1.82) is 0 Å². The van der Waals surface area contributed by atoms with Gasteiger partial charge in [0, 0.05) is 33.6 Å². The predicted octanol–water partition coefficient (Wildman–Crippen LogP) is 1.52. The summed E-state index contributed by atoms with van der Waals surface area (Å²) in [6.45, 7) is 1.10. The van der Waals surface area contributed by atoms with Crippen molar-refractivity contribution in [1.82, 2.24) is 15.0 Å².